The normalized spacial score (nSPS) is 10.3. The molecule has 5 heteroatoms. The van der Waals surface area contributed by atoms with Crippen LogP contribution in [-0.4, -0.2) is 15.5 Å². The van der Waals surface area contributed by atoms with Crippen molar-refractivity contribution < 1.29 is 4.79 Å². The predicted molar refractivity (Wildman–Crippen MR) is 71.5 cm³/mol. The monoisotopic (exact) mass is 263 g/mol. The van der Waals surface area contributed by atoms with E-state index in [4.69, 9.17) is 11.6 Å². The Labute approximate surface area is 111 Å². The molecule has 0 unspecified atom stereocenters. The highest BCUT2D eigenvalue weighted by atomic mass is 35.5. The first-order chi connectivity index (χ1) is 8.74. The van der Waals surface area contributed by atoms with Crippen molar-refractivity contribution in [2.75, 3.05) is 5.32 Å². The first kappa shape index (κ1) is 12.6. The van der Waals surface area contributed by atoms with Gasteiger partial charge in [-0.05, 0) is 30.7 Å². The van der Waals surface area contributed by atoms with Crippen molar-refractivity contribution in [2.45, 2.75) is 19.4 Å². The third-order valence-electron chi connectivity index (χ3n) is 2.48. The van der Waals surface area contributed by atoms with E-state index in [9.17, 15) is 4.79 Å². The van der Waals surface area contributed by atoms with Gasteiger partial charge in [0.2, 0.25) is 5.91 Å². The van der Waals surface area contributed by atoms with Gasteiger partial charge in [-0.1, -0.05) is 11.6 Å². The number of nitrogens with zero attached hydrogens (tertiary/aromatic N) is 2. The Morgan fingerprint density at radius 1 is 1.33 bits per heavy atom. The smallest absolute Gasteiger partial charge is 0.225 e. The maximum absolute atomic E-state index is 11.6. The van der Waals surface area contributed by atoms with Crippen molar-refractivity contribution in [2.24, 2.45) is 0 Å². The van der Waals surface area contributed by atoms with Gasteiger partial charge in [0.1, 0.15) is 5.82 Å². The van der Waals surface area contributed by atoms with Gasteiger partial charge in [0.25, 0.3) is 0 Å². The summed E-state index contributed by atoms with van der Waals surface area (Å²) in [4.78, 5) is 15.6. The van der Waals surface area contributed by atoms with Gasteiger partial charge in [0.15, 0.2) is 0 Å². The number of pyridine rings is 1. The molecule has 0 aliphatic rings. The van der Waals surface area contributed by atoms with Gasteiger partial charge < -0.3 is 9.88 Å². The van der Waals surface area contributed by atoms with Crippen LogP contribution in [0.1, 0.15) is 12.8 Å². The maximum Gasteiger partial charge on any atom is 0.225 e. The SMILES string of the molecule is O=C(CCCn1cccc1)Nc1ccc(Cl)cn1. The van der Waals surface area contributed by atoms with Crippen molar-refractivity contribution in [1.29, 1.82) is 0 Å². The molecule has 0 radical (unpaired) electrons. The number of rotatable bonds is 5. The van der Waals surface area contributed by atoms with E-state index in [2.05, 4.69) is 10.3 Å². The van der Waals surface area contributed by atoms with E-state index in [0.29, 0.717) is 17.3 Å². The molecule has 0 atom stereocenters. The topological polar surface area (TPSA) is 46.9 Å². The minimum Gasteiger partial charge on any atom is -0.354 e. The van der Waals surface area contributed by atoms with Crippen molar-refractivity contribution in [3.8, 4) is 0 Å². The van der Waals surface area contributed by atoms with E-state index >= 15 is 0 Å². The fraction of sp³-hybridized carbons (Fsp3) is 0.231. The zero-order valence-corrected chi connectivity index (χ0v) is 10.6. The van der Waals surface area contributed by atoms with Gasteiger partial charge in [-0.15, -0.1) is 0 Å². The molecule has 2 rings (SSSR count). The first-order valence-electron chi connectivity index (χ1n) is 5.76. The fourth-order valence-corrected chi connectivity index (χ4v) is 1.71. The predicted octanol–water partition coefficient (Wildman–Crippen LogP) is 2.96. The summed E-state index contributed by atoms with van der Waals surface area (Å²) in [6.45, 7) is 0.842. The molecule has 0 aliphatic heterocycles. The van der Waals surface area contributed by atoms with E-state index in [1.165, 1.54) is 6.20 Å². The molecule has 1 N–H and O–H groups in total. The number of amides is 1. The lowest BCUT2D eigenvalue weighted by atomic mass is 10.3. The highest BCUT2D eigenvalue weighted by Crippen LogP contribution is 2.10. The van der Waals surface area contributed by atoms with E-state index in [1.807, 2.05) is 29.1 Å². The van der Waals surface area contributed by atoms with E-state index in [-0.39, 0.29) is 5.91 Å². The summed E-state index contributed by atoms with van der Waals surface area (Å²) in [5.74, 6) is 0.502. The highest BCUT2D eigenvalue weighted by molar-refractivity contribution is 6.30. The van der Waals surface area contributed by atoms with Gasteiger partial charge in [0, 0.05) is 31.6 Å². The van der Waals surface area contributed by atoms with Crippen molar-refractivity contribution in [3.05, 3.63) is 47.9 Å². The molecular formula is C13H14ClN3O. The summed E-state index contributed by atoms with van der Waals surface area (Å²) in [6.07, 6.45) is 6.75. The average molecular weight is 264 g/mol. The summed E-state index contributed by atoms with van der Waals surface area (Å²) in [6, 6.07) is 7.32. The summed E-state index contributed by atoms with van der Waals surface area (Å²) in [5, 5.41) is 3.29. The molecule has 18 heavy (non-hydrogen) atoms. The summed E-state index contributed by atoms with van der Waals surface area (Å²) >= 11 is 5.71. The number of carbonyl (C=O) groups excluding carboxylic acids is 1. The summed E-state index contributed by atoms with van der Waals surface area (Å²) < 4.78 is 2.05. The van der Waals surface area contributed by atoms with Crippen LogP contribution in [0.15, 0.2) is 42.9 Å². The largest absolute Gasteiger partial charge is 0.354 e. The Bertz CT molecular complexity index is 493. The number of halogens is 1. The van der Waals surface area contributed by atoms with Crippen LogP contribution in [0.4, 0.5) is 5.82 Å². The lowest BCUT2D eigenvalue weighted by molar-refractivity contribution is -0.116. The molecule has 0 aromatic carbocycles. The number of aromatic nitrogens is 2. The first-order valence-corrected chi connectivity index (χ1v) is 6.14. The zero-order valence-electron chi connectivity index (χ0n) is 9.84. The second-order valence-corrected chi connectivity index (χ2v) is 4.37. The van der Waals surface area contributed by atoms with Crippen LogP contribution in [0.25, 0.3) is 0 Å². The van der Waals surface area contributed by atoms with Crippen LogP contribution in [-0.2, 0) is 11.3 Å². The molecule has 0 saturated heterocycles. The van der Waals surface area contributed by atoms with Gasteiger partial charge in [-0.3, -0.25) is 4.79 Å². The molecule has 1 amide bonds. The van der Waals surface area contributed by atoms with Gasteiger partial charge in [0.05, 0.1) is 5.02 Å². The molecular weight excluding hydrogens is 250 g/mol. The van der Waals surface area contributed by atoms with Crippen molar-refractivity contribution >= 4 is 23.3 Å². The third kappa shape index (κ3) is 3.89. The fourth-order valence-electron chi connectivity index (χ4n) is 1.60. The minimum atomic E-state index is -0.0306. The number of hydrogen-bond donors (Lipinski definition) is 1. The van der Waals surface area contributed by atoms with Crippen LogP contribution < -0.4 is 5.32 Å². The Morgan fingerprint density at radius 3 is 2.78 bits per heavy atom. The molecule has 4 nitrogen and oxygen atoms in total. The molecule has 2 aromatic heterocycles. The van der Waals surface area contributed by atoms with Crippen LogP contribution in [0.3, 0.4) is 0 Å². The van der Waals surface area contributed by atoms with E-state index < -0.39 is 0 Å². The standard InChI is InChI=1S/C13H14ClN3O/c14-11-5-6-12(15-10-11)16-13(18)4-3-9-17-7-1-2-8-17/h1-2,5-8,10H,3-4,9H2,(H,15,16,18). The summed E-state index contributed by atoms with van der Waals surface area (Å²) in [5.41, 5.74) is 0. The van der Waals surface area contributed by atoms with Crippen LogP contribution in [0, 0.1) is 0 Å². The molecule has 0 saturated carbocycles. The molecule has 94 valence electrons. The Hall–Kier alpha value is -1.81. The van der Waals surface area contributed by atoms with E-state index in [0.717, 1.165) is 13.0 Å². The molecule has 0 spiro atoms. The lowest BCUT2D eigenvalue weighted by Gasteiger charge is -2.05. The number of anilines is 1. The van der Waals surface area contributed by atoms with Crippen LogP contribution in [0.5, 0.6) is 0 Å². The Balaban J connectivity index is 1.73. The van der Waals surface area contributed by atoms with Crippen LogP contribution >= 0.6 is 11.6 Å². The number of nitrogens with one attached hydrogen (secondary N) is 1. The van der Waals surface area contributed by atoms with Crippen molar-refractivity contribution in [3.63, 3.8) is 0 Å². The second-order valence-electron chi connectivity index (χ2n) is 3.93. The third-order valence-corrected chi connectivity index (χ3v) is 2.70. The molecule has 2 aromatic rings. The Morgan fingerprint density at radius 2 is 2.11 bits per heavy atom. The Kier molecular flexibility index (Phi) is 4.36. The summed E-state index contributed by atoms with van der Waals surface area (Å²) in [7, 11) is 0. The average Bonchev–Trinajstić information content (AvgIpc) is 2.85. The molecule has 0 fully saturated rings. The minimum absolute atomic E-state index is 0.0306. The van der Waals surface area contributed by atoms with Gasteiger partial charge in [-0.2, -0.15) is 0 Å². The quantitative estimate of drug-likeness (QED) is 0.902. The van der Waals surface area contributed by atoms with Crippen molar-refractivity contribution in [1.82, 2.24) is 9.55 Å². The molecule has 0 aliphatic carbocycles. The lowest BCUT2D eigenvalue weighted by Crippen LogP contribution is -2.13. The highest BCUT2D eigenvalue weighted by Gasteiger charge is 2.03. The van der Waals surface area contributed by atoms with Gasteiger partial charge in [-0.25, -0.2) is 4.98 Å². The van der Waals surface area contributed by atoms with Gasteiger partial charge >= 0.3 is 0 Å². The second kappa shape index (κ2) is 6.21. The molecule has 2 heterocycles. The van der Waals surface area contributed by atoms with E-state index in [1.54, 1.807) is 12.1 Å². The van der Waals surface area contributed by atoms with Crippen LogP contribution in [0.2, 0.25) is 5.02 Å². The molecule has 0 bridgehead atoms. The number of carbonyl (C=O) groups is 1. The number of aryl methyl sites for hydroxylation is 1. The number of hydrogen-bond acceptors (Lipinski definition) is 2. The zero-order chi connectivity index (χ0) is 12.8. The maximum atomic E-state index is 11.6.